The maximum absolute atomic E-state index is 4.81. The number of rotatable bonds is 18. The van der Waals surface area contributed by atoms with Crippen molar-refractivity contribution < 1.29 is 0 Å². The van der Waals surface area contributed by atoms with Gasteiger partial charge in [0.05, 0.1) is 18.3 Å². The molecular formula is C32H52N10. The summed E-state index contributed by atoms with van der Waals surface area (Å²) in [7, 11) is 0. The van der Waals surface area contributed by atoms with Crippen LogP contribution in [0.4, 0.5) is 11.8 Å². The first-order valence-electron chi connectivity index (χ1n) is 16.6. The van der Waals surface area contributed by atoms with E-state index in [-0.39, 0.29) is 0 Å². The molecule has 0 spiro atoms. The molecule has 5 rings (SSSR count). The number of fused-ring (bicyclic) bond motifs is 1. The van der Waals surface area contributed by atoms with E-state index in [1.807, 2.05) is 29.1 Å². The number of aromatic nitrogens is 5. The molecule has 230 valence electrons. The summed E-state index contributed by atoms with van der Waals surface area (Å²) in [5.41, 5.74) is 1.82. The summed E-state index contributed by atoms with van der Waals surface area (Å²) < 4.78 is 1.93. The molecular weight excluding hydrogens is 524 g/mol. The third-order valence-corrected chi connectivity index (χ3v) is 8.61. The second kappa shape index (κ2) is 17.3. The van der Waals surface area contributed by atoms with Gasteiger partial charge in [-0.3, -0.25) is 4.68 Å². The second-order valence-electron chi connectivity index (χ2n) is 12.1. The van der Waals surface area contributed by atoms with Gasteiger partial charge in [0.1, 0.15) is 11.5 Å². The number of hydrogen-bond acceptors (Lipinski definition) is 9. The molecule has 2 aliphatic carbocycles. The predicted molar refractivity (Wildman–Crippen MR) is 172 cm³/mol. The lowest BCUT2D eigenvalue weighted by molar-refractivity contribution is 0.371. The predicted octanol–water partition coefficient (Wildman–Crippen LogP) is 4.85. The van der Waals surface area contributed by atoms with Gasteiger partial charge in [0.25, 0.3) is 0 Å². The normalized spacial score (nSPS) is 16.7. The number of aryl methyl sites for hydroxylation is 1. The van der Waals surface area contributed by atoms with E-state index in [0.29, 0.717) is 18.5 Å². The number of nitrogens with one attached hydrogen (secondary N) is 5. The molecule has 0 radical (unpaired) electrons. The minimum Gasteiger partial charge on any atom is -0.369 e. The molecule has 0 unspecified atom stereocenters. The lowest BCUT2D eigenvalue weighted by Gasteiger charge is -2.22. The van der Waals surface area contributed by atoms with Crippen molar-refractivity contribution in [3.8, 4) is 0 Å². The number of nitrogens with zero attached hydrogens (tertiary/aromatic N) is 5. The van der Waals surface area contributed by atoms with E-state index in [0.717, 1.165) is 80.6 Å². The lowest BCUT2D eigenvalue weighted by atomic mass is 9.95. The quantitative estimate of drug-likeness (QED) is 0.136. The van der Waals surface area contributed by atoms with Crippen LogP contribution in [0.5, 0.6) is 0 Å². The highest BCUT2D eigenvalue weighted by atomic mass is 15.4. The Labute approximate surface area is 251 Å². The van der Waals surface area contributed by atoms with Crippen molar-refractivity contribution in [1.82, 2.24) is 40.9 Å². The molecule has 0 atom stereocenters. The Kier molecular flexibility index (Phi) is 12.6. The minimum absolute atomic E-state index is 0.537. The van der Waals surface area contributed by atoms with Crippen LogP contribution in [0, 0.1) is 0 Å². The third kappa shape index (κ3) is 10.2. The summed E-state index contributed by atoms with van der Waals surface area (Å²) in [6, 6.07) is 9.63. The lowest BCUT2D eigenvalue weighted by Crippen LogP contribution is -2.33. The van der Waals surface area contributed by atoms with Gasteiger partial charge in [-0.25, -0.2) is 4.98 Å². The van der Waals surface area contributed by atoms with Crippen molar-refractivity contribution >= 4 is 22.7 Å². The van der Waals surface area contributed by atoms with Crippen molar-refractivity contribution in [2.75, 3.05) is 43.4 Å². The van der Waals surface area contributed by atoms with Gasteiger partial charge in [0.2, 0.25) is 5.95 Å². The van der Waals surface area contributed by atoms with Gasteiger partial charge in [-0.15, -0.1) is 5.10 Å². The Morgan fingerprint density at radius 2 is 1.40 bits per heavy atom. The summed E-state index contributed by atoms with van der Waals surface area (Å²) >= 11 is 0. The number of benzene rings is 1. The Morgan fingerprint density at radius 1 is 0.714 bits per heavy atom. The maximum atomic E-state index is 4.81. The van der Waals surface area contributed by atoms with Gasteiger partial charge < -0.3 is 26.6 Å². The van der Waals surface area contributed by atoms with Crippen molar-refractivity contribution in [2.45, 2.75) is 109 Å². The molecule has 2 heterocycles. The average molecular weight is 577 g/mol. The number of anilines is 2. The fourth-order valence-electron chi connectivity index (χ4n) is 6.21. The molecule has 2 fully saturated rings. The van der Waals surface area contributed by atoms with E-state index in [4.69, 9.17) is 9.97 Å². The van der Waals surface area contributed by atoms with Crippen molar-refractivity contribution in [3.05, 3.63) is 36.2 Å². The van der Waals surface area contributed by atoms with Gasteiger partial charge in [-0.1, -0.05) is 55.9 Å². The van der Waals surface area contributed by atoms with Gasteiger partial charge in [0, 0.05) is 30.6 Å². The van der Waals surface area contributed by atoms with E-state index in [1.54, 1.807) is 0 Å². The molecule has 0 aliphatic heterocycles. The standard InChI is InChI=1S/C32H52N10/c1-3-12-26(13-4-1)34-20-9-18-33-19-11-23-42-25-28(40-41-42)24-37-32-38-30-17-8-7-16-29(30)31(39-32)36-22-10-21-35-27-14-5-2-6-15-27/h7-8,16-17,25-27,33-35H,1-6,9-15,18-24H2,(H2,36,37,38,39). The molecule has 0 saturated heterocycles. The zero-order chi connectivity index (χ0) is 28.7. The largest absolute Gasteiger partial charge is 0.369 e. The molecule has 2 saturated carbocycles. The Bertz CT molecular complexity index is 1170. The number of hydrogen-bond donors (Lipinski definition) is 5. The molecule has 2 aliphatic rings. The van der Waals surface area contributed by atoms with Gasteiger partial charge in [-0.05, 0) is 83.3 Å². The molecule has 3 aromatic rings. The van der Waals surface area contributed by atoms with Crippen LogP contribution in [0.25, 0.3) is 10.9 Å². The third-order valence-electron chi connectivity index (χ3n) is 8.61. The first kappa shape index (κ1) is 30.6. The molecule has 0 amide bonds. The SMILES string of the molecule is c1ccc2c(NCCCNC3CCCCC3)nc(NCc3cn(CCCNCCCNC4CCCCC4)nn3)nc2c1. The fraction of sp³-hybridized carbons (Fsp3) is 0.688. The molecule has 10 nitrogen and oxygen atoms in total. The summed E-state index contributed by atoms with van der Waals surface area (Å²) in [5, 5.41) is 27.6. The van der Waals surface area contributed by atoms with Crippen molar-refractivity contribution in [2.24, 2.45) is 0 Å². The Hall–Kier alpha value is -2.82. The van der Waals surface area contributed by atoms with E-state index in [2.05, 4.69) is 43.0 Å². The van der Waals surface area contributed by atoms with Gasteiger partial charge in [0.15, 0.2) is 0 Å². The minimum atomic E-state index is 0.537. The van der Waals surface area contributed by atoms with E-state index in [1.165, 1.54) is 70.6 Å². The molecule has 10 heteroatoms. The Balaban J connectivity index is 0.993. The van der Waals surface area contributed by atoms with Crippen LogP contribution in [0.1, 0.15) is 89.2 Å². The average Bonchev–Trinajstić information content (AvgIpc) is 3.50. The van der Waals surface area contributed by atoms with Crippen LogP contribution in [-0.2, 0) is 13.1 Å². The second-order valence-corrected chi connectivity index (χ2v) is 12.1. The summed E-state index contributed by atoms with van der Waals surface area (Å²) in [6.07, 6.45) is 19.0. The molecule has 2 aromatic heterocycles. The van der Waals surface area contributed by atoms with Crippen LogP contribution in [0.2, 0.25) is 0 Å². The van der Waals surface area contributed by atoms with Crippen LogP contribution in [0.15, 0.2) is 30.5 Å². The topological polar surface area (TPSA) is 117 Å². The van der Waals surface area contributed by atoms with Crippen LogP contribution in [0.3, 0.4) is 0 Å². The monoisotopic (exact) mass is 576 g/mol. The first-order valence-corrected chi connectivity index (χ1v) is 16.6. The van der Waals surface area contributed by atoms with Crippen LogP contribution >= 0.6 is 0 Å². The molecule has 0 bridgehead atoms. The smallest absolute Gasteiger partial charge is 0.225 e. The van der Waals surface area contributed by atoms with Gasteiger partial charge >= 0.3 is 0 Å². The first-order chi connectivity index (χ1) is 20.8. The van der Waals surface area contributed by atoms with E-state index in [9.17, 15) is 0 Å². The van der Waals surface area contributed by atoms with E-state index < -0.39 is 0 Å². The highest BCUT2D eigenvalue weighted by molar-refractivity contribution is 5.90. The van der Waals surface area contributed by atoms with E-state index >= 15 is 0 Å². The summed E-state index contributed by atoms with van der Waals surface area (Å²) in [6.45, 7) is 6.48. The van der Waals surface area contributed by atoms with Crippen LogP contribution < -0.4 is 26.6 Å². The zero-order valence-electron chi connectivity index (χ0n) is 25.4. The highest BCUT2D eigenvalue weighted by Gasteiger charge is 2.13. The van der Waals surface area contributed by atoms with Gasteiger partial charge in [-0.2, -0.15) is 4.98 Å². The molecule has 42 heavy (non-hydrogen) atoms. The summed E-state index contributed by atoms with van der Waals surface area (Å²) in [4.78, 5) is 9.55. The fourth-order valence-corrected chi connectivity index (χ4v) is 6.21. The summed E-state index contributed by atoms with van der Waals surface area (Å²) in [5.74, 6) is 1.48. The maximum Gasteiger partial charge on any atom is 0.225 e. The molecule has 5 N–H and O–H groups in total. The van der Waals surface area contributed by atoms with Crippen molar-refractivity contribution in [3.63, 3.8) is 0 Å². The Morgan fingerprint density at radius 3 is 2.17 bits per heavy atom. The molecule has 1 aromatic carbocycles. The number of para-hydroxylation sites is 1. The highest BCUT2D eigenvalue weighted by Crippen LogP contribution is 2.22. The zero-order valence-corrected chi connectivity index (χ0v) is 25.4. The van der Waals surface area contributed by atoms with Crippen molar-refractivity contribution in [1.29, 1.82) is 0 Å². The van der Waals surface area contributed by atoms with Crippen LogP contribution in [-0.4, -0.2) is 69.8 Å².